The Labute approximate surface area is 205 Å². The molecule has 0 bridgehead atoms. The average Bonchev–Trinajstić information content (AvgIpc) is 3.26. The lowest BCUT2D eigenvalue weighted by atomic mass is 10.2. The minimum absolute atomic E-state index is 0.0136. The molecule has 5 N–H and O–H groups in total. The number of anilines is 2. The first-order valence-electron chi connectivity index (χ1n) is 10.7. The molecule has 3 aromatic carbocycles. The van der Waals surface area contributed by atoms with Crippen LogP contribution >= 0.6 is 11.3 Å². The Balaban J connectivity index is 1.44. The van der Waals surface area contributed by atoms with E-state index in [1.165, 1.54) is 16.2 Å². The molecular weight excluding hydrogens is 466 g/mol. The van der Waals surface area contributed by atoms with Crippen molar-refractivity contribution in [2.24, 2.45) is 5.73 Å². The molecular formula is C25H23N5O4S. The number of nitrogens with zero attached hydrogens (tertiary/aromatic N) is 2. The van der Waals surface area contributed by atoms with Crippen LogP contribution in [0.3, 0.4) is 0 Å². The highest BCUT2D eigenvalue weighted by atomic mass is 32.1. The second-order valence-electron chi connectivity index (χ2n) is 7.58. The molecule has 4 aromatic rings. The molecule has 0 spiro atoms. The van der Waals surface area contributed by atoms with Gasteiger partial charge in [0.1, 0.15) is 16.6 Å². The number of rotatable bonds is 9. The molecule has 178 valence electrons. The number of carbonyl (C=O) groups is 2. The van der Waals surface area contributed by atoms with Crippen LogP contribution in [0.1, 0.15) is 17.0 Å². The molecule has 1 aromatic heterocycles. The largest absolute Gasteiger partial charge is 0.481 e. The quantitative estimate of drug-likeness (QED) is 0.198. The summed E-state index contributed by atoms with van der Waals surface area (Å²) in [6.45, 7) is 0.491. The summed E-state index contributed by atoms with van der Waals surface area (Å²) in [5.41, 5.74) is 8.27. The van der Waals surface area contributed by atoms with Gasteiger partial charge in [0.25, 0.3) is 0 Å². The van der Waals surface area contributed by atoms with Crippen LogP contribution in [0, 0.1) is 5.41 Å². The molecule has 35 heavy (non-hydrogen) atoms. The summed E-state index contributed by atoms with van der Waals surface area (Å²) in [4.78, 5) is 29.8. The number of ether oxygens (including phenoxy) is 1. The zero-order valence-electron chi connectivity index (χ0n) is 18.6. The fourth-order valence-electron chi connectivity index (χ4n) is 3.34. The molecule has 0 atom stereocenters. The number of fused-ring (bicyclic) bond motifs is 1. The van der Waals surface area contributed by atoms with Crippen LogP contribution in [-0.4, -0.2) is 34.5 Å². The van der Waals surface area contributed by atoms with Gasteiger partial charge in [-0.2, -0.15) is 0 Å². The van der Waals surface area contributed by atoms with Gasteiger partial charge in [0.05, 0.1) is 23.2 Å². The molecule has 0 aliphatic carbocycles. The number of aliphatic carboxylic acids is 1. The maximum Gasteiger partial charge on any atom is 0.419 e. The van der Waals surface area contributed by atoms with Gasteiger partial charge in [-0.15, -0.1) is 11.3 Å². The highest BCUT2D eigenvalue weighted by Crippen LogP contribution is 2.27. The molecule has 0 aliphatic heterocycles. The number of amidine groups is 1. The van der Waals surface area contributed by atoms with Crippen LogP contribution in [0.2, 0.25) is 0 Å². The van der Waals surface area contributed by atoms with E-state index in [1.54, 1.807) is 48.5 Å². The van der Waals surface area contributed by atoms with Crippen molar-refractivity contribution in [3.05, 3.63) is 83.4 Å². The van der Waals surface area contributed by atoms with E-state index in [1.807, 2.05) is 24.3 Å². The van der Waals surface area contributed by atoms with Gasteiger partial charge in [-0.3, -0.25) is 15.1 Å². The van der Waals surface area contributed by atoms with Gasteiger partial charge in [-0.25, -0.2) is 9.78 Å². The van der Waals surface area contributed by atoms with E-state index in [0.29, 0.717) is 29.1 Å². The second-order valence-corrected chi connectivity index (χ2v) is 8.70. The topological polar surface area (TPSA) is 142 Å². The minimum Gasteiger partial charge on any atom is -0.481 e. The van der Waals surface area contributed by atoms with Crippen LogP contribution in [0.5, 0.6) is 5.75 Å². The molecule has 0 fully saturated rings. The molecule has 0 unspecified atom stereocenters. The Morgan fingerprint density at radius 1 is 1.09 bits per heavy atom. The normalized spacial score (nSPS) is 10.6. The van der Waals surface area contributed by atoms with Gasteiger partial charge < -0.3 is 20.9 Å². The van der Waals surface area contributed by atoms with Gasteiger partial charge in [0.2, 0.25) is 0 Å². The molecule has 1 amide bonds. The lowest BCUT2D eigenvalue weighted by Gasteiger charge is -2.21. The van der Waals surface area contributed by atoms with Crippen molar-refractivity contribution in [3.8, 4) is 5.75 Å². The van der Waals surface area contributed by atoms with Gasteiger partial charge in [-0.1, -0.05) is 18.2 Å². The number of benzene rings is 3. The number of nitrogens with two attached hydrogens (primary N) is 1. The number of nitrogens with one attached hydrogen (secondary N) is 2. The van der Waals surface area contributed by atoms with Gasteiger partial charge >= 0.3 is 12.1 Å². The fraction of sp³-hybridized carbons (Fsp3) is 0.120. The van der Waals surface area contributed by atoms with Crippen LogP contribution in [-0.2, 0) is 11.3 Å². The molecule has 1 heterocycles. The fourth-order valence-corrected chi connectivity index (χ4v) is 4.22. The summed E-state index contributed by atoms with van der Waals surface area (Å²) in [7, 11) is 0. The number of nitrogen functional groups attached to an aromatic ring is 1. The van der Waals surface area contributed by atoms with Gasteiger partial charge in [0.15, 0.2) is 0 Å². The van der Waals surface area contributed by atoms with E-state index in [9.17, 15) is 9.59 Å². The number of hydrogen-bond donors (Lipinski definition) is 4. The lowest BCUT2D eigenvalue weighted by molar-refractivity contribution is -0.136. The third-order valence-electron chi connectivity index (χ3n) is 5.09. The Morgan fingerprint density at radius 3 is 2.51 bits per heavy atom. The van der Waals surface area contributed by atoms with Crippen LogP contribution in [0.4, 0.5) is 16.2 Å². The number of carbonyl (C=O) groups excluding carboxylic acids is 1. The van der Waals surface area contributed by atoms with Crippen LogP contribution < -0.4 is 20.7 Å². The van der Waals surface area contributed by atoms with Crippen molar-refractivity contribution in [3.63, 3.8) is 0 Å². The summed E-state index contributed by atoms with van der Waals surface area (Å²) in [5, 5.41) is 20.6. The first-order valence-corrected chi connectivity index (χ1v) is 11.5. The number of para-hydroxylation sites is 1. The van der Waals surface area contributed by atoms with E-state index in [4.69, 9.17) is 21.0 Å². The molecule has 0 radical (unpaired) electrons. The first-order chi connectivity index (χ1) is 16.9. The number of aromatic nitrogens is 1. The van der Waals surface area contributed by atoms with Crippen molar-refractivity contribution < 1.29 is 19.4 Å². The highest BCUT2D eigenvalue weighted by Gasteiger charge is 2.19. The van der Waals surface area contributed by atoms with Crippen LogP contribution in [0.25, 0.3) is 10.2 Å². The Hall–Kier alpha value is -4.44. The molecule has 10 heteroatoms. The molecule has 0 saturated carbocycles. The van der Waals surface area contributed by atoms with Gasteiger partial charge in [-0.05, 0) is 48.5 Å². The standard InChI is InChI=1S/C25H23N5O4S/c26-24(27)16-6-8-17(9-7-16)28-15-22-29-20-14-19(10-11-21(20)35-22)34-25(33)30(13-12-23(31)32)18-4-2-1-3-5-18/h1-11,14,28H,12-13,15H2,(H3,26,27)(H,31,32). The number of amides is 1. The predicted octanol–water partition coefficient (Wildman–Crippen LogP) is 4.67. The smallest absolute Gasteiger partial charge is 0.419 e. The Morgan fingerprint density at radius 2 is 1.83 bits per heavy atom. The Kier molecular flexibility index (Phi) is 7.22. The van der Waals surface area contributed by atoms with Gasteiger partial charge in [0, 0.05) is 29.5 Å². The average molecular weight is 490 g/mol. The predicted molar refractivity (Wildman–Crippen MR) is 136 cm³/mol. The third kappa shape index (κ3) is 6.12. The maximum atomic E-state index is 12.9. The number of carboxylic acid groups (broad SMARTS) is 1. The zero-order valence-corrected chi connectivity index (χ0v) is 19.4. The number of thiazole rings is 1. The summed E-state index contributed by atoms with van der Waals surface area (Å²) in [5.74, 6) is -0.657. The third-order valence-corrected chi connectivity index (χ3v) is 6.12. The SMILES string of the molecule is N=C(N)c1ccc(NCc2nc3cc(OC(=O)N(CCC(=O)O)c4ccccc4)ccc3s2)cc1. The van der Waals surface area contributed by atoms with Crippen LogP contribution in [0.15, 0.2) is 72.8 Å². The van der Waals surface area contributed by atoms with Crippen molar-refractivity contribution in [1.29, 1.82) is 5.41 Å². The molecule has 0 saturated heterocycles. The van der Waals surface area contributed by atoms with Crippen molar-refractivity contribution in [2.75, 3.05) is 16.8 Å². The lowest BCUT2D eigenvalue weighted by Crippen LogP contribution is -2.35. The molecule has 0 aliphatic rings. The molecule has 4 rings (SSSR count). The van der Waals surface area contributed by atoms with Crippen molar-refractivity contribution in [1.82, 2.24) is 4.98 Å². The van der Waals surface area contributed by atoms with E-state index in [-0.39, 0.29) is 18.8 Å². The van der Waals surface area contributed by atoms with Crippen molar-refractivity contribution >= 4 is 50.8 Å². The summed E-state index contributed by atoms with van der Waals surface area (Å²) >= 11 is 1.52. The second kappa shape index (κ2) is 10.7. The minimum atomic E-state index is -1.00. The monoisotopic (exact) mass is 489 g/mol. The van der Waals surface area contributed by atoms with Crippen molar-refractivity contribution in [2.45, 2.75) is 13.0 Å². The summed E-state index contributed by atoms with van der Waals surface area (Å²) in [6.07, 6.45) is -0.869. The summed E-state index contributed by atoms with van der Waals surface area (Å²) in [6, 6.07) is 21.3. The maximum absolute atomic E-state index is 12.9. The summed E-state index contributed by atoms with van der Waals surface area (Å²) < 4.78 is 6.50. The zero-order chi connectivity index (χ0) is 24.8. The Bertz CT molecular complexity index is 1360. The van der Waals surface area contributed by atoms with E-state index < -0.39 is 12.1 Å². The number of hydrogen-bond acceptors (Lipinski definition) is 7. The molecule has 9 nitrogen and oxygen atoms in total. The van der Waals surface area contributed by atoms with E-state index >= 15 is 0 Å². The highest BCUT2D eigenvalue weighted by molar-refractivity contribution is 7.18. The van der Waals surface area contributed by atoms with E-state index in [2.05, 4.69) is 10.3 Å². The first kappa shape index (κ1) is 23.7. The van der Waals surface area contributed by atoms with E-state index in [0.717, 1.165) is 15.4 Å². The number of carboxylic acids is 1.